The highest BCUT2D eigenvalue weighted by atomic mass is 32.1. The Kier molecular flexibility index (Phi) is 3.17. The summed E-state index contributed by atoms with van der Waals surface area (Å²) in [5.41, 5.74) is 1.61. The van der Waals surface area contributed by atoms with Crippen LogP contribution in [0.4, 0.5) is 0 Å². The standard InChI is InChI=1S/C16H24N2S/c1-11-14-7-9-19-16(14)6-8-18(11)15-5-2-12(15)10-17-13-3-4-13/h7,9,11-13,15,17H,2-6,8,10H2,1H3. The first-order chi connectivity index (χ1) is 9.33. The van der Waals surface area contributed by atoms with E-state index in [4.69, 9.17) is 0 Å². The second kappa shape index (κ2) is 4.87. The molecule has 0 amide bonds. The van der Waals surface area contributed by atoms with Crippen molar-refractivity contribution in [2.45, 2.75) is 57.2 Å². The first-order valence-corrected chi connectivity index (χ1v) is 8.76. The zero-order valence-electron chi connectivity index (χ0n) is 11.8. The third-order valence-electron chi connectivity index (χ3n) is 5.37. The summed E-state index contributed by atoms with van der Waals surface area (Å²) in [6.45, 7) is 4.95. The zero-order chi connectivity index (χ0) is 12.8. The molecule has 1 aromatic rings. The van der Waals surface area contributed by atoms with Crippen LogP contribution in [0.3, 0.4) is 0 Å². The van der Waals surface area contributed by atoms with Gasteiger partial charge in [0.15, 0.2) is 0 Å². The second-order valence-electron chi connectivity index (χ2n) is 6.55. The van der Waals surface area contributed by atoms with Gasteiger partial charge in [-0.1, -0.05) is 0 Å². The molecule has 2 saturated carbocycles. The van der Waals surface area contributed by atoms with Gasteiger partial charge in [0.05, 0.1) is 0 Å². The lowest BCUT2D eigenvalue weighted by atomic mass is 9.76. The van der Waals surface area contributed by atoms with E-state index in [2.05, 4.69) is 28.6 Å². The summed E-state index contributed by atoms with van der Waals surface area (Å²) in [7, 11) is 0. The van der Waals surface area contributed by atoms with E-state index < -0.39 is 0 Å². The highest BCUT2D eigenvalue weighted by Crippen LogP contribution is 2.41. The van der Waals surface area contributed by atoms with E-state index in [9.17, 15) is 0 Å². The molecule has 0 radical (unpaired) electrons. The van der Waals surface area contributed by atoms with Crippen molar-refractivity contribution < 1.29 is 0 Å². The van der Waals surface area contributed by atoms with Gasteiger partial charge in [0.2, 0.25) is 0 Å². The van der Waals surface area contributed by atoms with Crippen molar-refractivity contribution in [3.63, 3.8) is 0 Å². The minimum atomic E-state index is 0.642. The monoisotopic (exact) mass is 276 g/mol. The predicted octanol–water partition coefficient (Wildman–Crippen LogP) is 3.20. The number of nitrogens with one attached hydrogen (secondary N) is 1. The second-order valence-corrected chi connectivity index (χ2v) is 7.55. The molecule has 0 spiro atoms. The Hall–Kier alpha value is -0.380. The van der Waals surface area contributed by atoms with Crippen LogP contribution in [-0.4, -0.2) is 30.1 Å². The zero-order valence-corrected chi connectivity index (χ0v) is 12.6. The fraction of sp³-hybridized carbons (Fsp3) is 0.750. The van der Waals surface area contributed by atoms with Crippen LogP contribution in [0.2, 0.25) is 0 Å². The Morgan fingerprint density at radius 2 is 2.21 bits per heavy atom. The molecule has 0 saturated heterocycles. The Morgan fingerprint density at radius 1 is 1.32 bits per heavy atom. The molecule has 3 aliphatic rings. The lowest BCUT2D eigenvalue weighted by molar-refractivity contribution is 0.0272. The van der Waals surface area contributed by atoms with Crippen molar-refractivity contribution in [1.29, 1.82) is 0 Å². The summed E-state index contributed by atoms with van der Waals surface area (Å²) in [5.74, 6) is 0.906. The van der Waals surface area contributed by atoms with Crippen LogP contribution in [0, 0.1) is 5.92 Å². The molecule has 2 heterocycles. The Labute approximate surface area is 120 Å². The molecular formula is C16H24N2S. The smallest absolute Gasteiger partial charge is 0.0334 e. The van der Waals surface area contributed by atoms with Crippen LogP contribution in [0.15, 0.2) is 11.4 Å². The maximum absolute atomic E-state index is 3.73. The van der Waals surface area contributed by atoms with E-state index in [1.165, 1.54) is 45.2 Å². The maximum atomic E-state index is 3.73. The summed E-state index contributed by atoms with van der Waals surface area (Å²) in [4.78, 5) is 4.42. The number of thiophene rings is 1. The van der Waals surface area contributed by atoms with E-state index in [0.717, 1.165) is 18.0 Å². The van der Waals surface area contributed by atoms with Crippen LogP contribution in [0.5, 0.6) is 0 Å². The van der Waals surface area contributed by atoms with Gasteiger partial charge in [0.25, 0.3) is 0 Å². The summed E-state index contributed by atoms with van der Waals surface area (Å²) < 4.78 is 0. The number of hydrogen-bond donors (Lipinski definition) is 1. The molecule has 2 fully saturated rings. The van der Waals surface area contributed by atoms with Gasteiger partial charge in [-0.2, -0.15) is 0 Å². The number of fused-ring (bicyclic) bond motifs is 1. The highest BCUT2D eigenvalue weighted by Gasteiger charge is 2.40. The van der Waals surface area contributed by atoms with Crippen molar-refractivity contribution in [1.82, 2.24) is 10.2 Å². The molecular weight excluding hydrogens is 252 g/mol. The average molecular weight is 276 g/mol. The molecule has 2 nitrogen and oxygen atoms in total. The minimum Gasteiger partial charge on any atom is -0.314 e. The number of hydrogen-bond acceptors (Lipinski definition) is 3. The molecule has 104 valence electrons. The third-order valence-corrected chi connectivity index (χ3v) is 6.37. The van der Waals surface area contributed by atoms with Crippen LogP contribution in [0.1, 0.15) is 49.1 Å². The van der Waals surface area contributed by atoms with Gasteiger partial charge in [-0.25, -0.2) is 0 Å². The molecule has 2 aliphatic carbocycles. The van der Waals surface area contributed by atoms with E-state index >= 15 is 0 Å². The molecule has 1 aromatic heterocycles. The van der Waals surface area contributed by atoms with Gasteiger partial charge in [-0.3, -0.25) is 4.90 Å². The van der Waals surface area contributed by atoms with Crippen molar-refractivity contribution in [3.8, 4) is 0 Å². The Balaban J connectivity index is 1.41. The maximum Gasteiger partial charge on any atom is 0.0334 e. The Morgan fingerprint density at radius 3 is 2.95 bits per heavy atom. The summed E-state index contributed by atoms with van der Waals surface area (Å²) >= 11 is 1.95. The third kappa shape index (κ3) is 2.26. The van der Waals surface area contributed by atoms with Crippen molar-refractivity contribution in [3.05, 3.63) is 21.9 Å². The van der Waals surface area contributed by atoms with Gasteiger partial charge >= 0.3 is 0 Å². The lowest BCUT2D eigenvalue weighted by Gasteiger charge is -2.49. The first-order valence-electron chi connectivity index (χ1n) is 7.88. The van der Waals surface area contributed by atoms with E-state index in [1.807, 2.05) is 11.3 Å². The molecule has 4 rings (SSSR count). The topological polar surface area (TPSA) is 15.3 Å². The van der Waals surface area contributed by atoms with Crippen LogP contribution in [0.25, 0.3) is 0 Å². The highest BCUT2D eigenvalue weighted by molar-refractivity contribution is 7.10. The minimum absolute atomic E-state index is 0.642. The van der Waals surface area contributed by atoms with E-state index in [-0.39, 0.29) is 0 Å². The van der Waals surface area contributed by atoms with Gasteiger partial charge in [-0.05, 0) is 68.5 Å². The molecule has 3 heteroatoms. The number of nitrogens with zero attached hydrogens (tertiary/aromatic N) is 1. The van der Waals surface area contributed by atoms with Gasteiger partial charge in [0, 0.05) is 29.5 Å². The summed E-state index contributed by atoms with van der Waals surface area (Å²) in [5, 5.41) is 6.01. The van der Waals surface area contributed by atoms with Crippen molar-refractivity contribution in [2.75, 3.05) is 13.1 Å². The molecule has 0 aromatic carbocycles. The van der Waals surface area contributed by atoms with E-state index in [0.29, 0.717) is 6.04 Å². The van der Waals surface area contributed by atoms with Crippen molar-refractivity contribution in [2.24, 2.45) is 5.92 Å². The normalized spacial score (nSPS) is 34.9. The molecule has 3 atom stereocenters. The van der Waals surface area contributed by atoms with Gasteiger partial charge in [0.1, 0.15) is 0 Å². The number of rotatable bonds is 4. The largest absolute Gasteiger partial charge is 0.314 e. The van der Waals surface area contributed by atoms with Crippen LogP contribution >= 0.6 is 11.3 Å². The molecule has 1 N–H and O–H groups in total. The SMILES string of the molecule is CC1c2ccsc2CCN1C1CCC1CNC1CC1. The molecule has 1 aliphatic heterocycles. The summed E-state index contributed by atoms with van der Waals surface area (Å²) in [6.07, 6.45) is 6.95. The van der Waals surface area contributed by atoms with E-state index in [1.54, 1.807) is 10.4 Å². The van der Waals surface area contributed by atoms with Crippen LogP contribution in [-0.2, 0) is 6.42 Å². The molecule has 0 bridgehead atoms. The summed E-state index contributed by atoms with van der Waals surface area (Å²) in [6, 6.07) is 4.70. The fourth-order valence-electron chi connectivity index (χ4n) is 3.81. The van der Waals surface area contributed by atoms with Gasteiger partial charge < -0.3 is 5.32 Å². The Bertz CT molecular complexity index is 451. The fourth-order valence-corrected chi connectivity index (χ4v) is 4.78. The predicted molar refractivity (Wildman–Crippen MR) is 80.7 cm³/mol. The van der Waals surface area contributed by atoms with Crippen molar-refractivity contribution >= 4 is 11.3 Å². The molecule has 19 heavy (non-hydrogen) atoms. The first kappa shape index (κ1) is 12.4. The van der Waals surface area contributed by atoms with Gasteiger partial charge in [-0.15, -0.1) is 11.3 Å². The average Bonchev–Trinajstić information content (AvgIpc) is 3.07. The lowest BCUT2D eigenvalue weighted by Crippen LogP contribution is -2.53. The molecule has 3 unspecified atom stereocenters. The van der Waals surface area contributed by atoms with Crippen LogP contribution < -0.4 is 5.32 Å². The quantitative estimate of drug-likeness (QED) is 0.908.